The predicted octanol–water partition coefficient (Wildman–Crippen LogP) is 2.19. The molecule has 2 N–H and O–H groups in total. The Bertz CT molecular complexity index is 587. The summed E-state index contributed by atoms with van der Waals surface area (Å²) in [6, 6.07) is 5.37. The Morgan fingerprint density at radius 2 is 2.18 bits per heavy atom. The van der Waals surface area contributed by atoms with Gasteiger partial charge in [0.25, 0.3) is 0 Å². The lowest BCUT2D eigenvalue weighted by Crippen LogP contribution is -2.48. The Morgan fingerprint density at radius 3 is 2.86 bits per heavy atom. The van der Waals surface area contributed by atoms with E-state index in [1.165, 1.54) is 0 Å². The summed E-state index contributed by atoms with van der Waals surface area (Å²) in [5.74, 6) is -0.0608. The quantitative estimate of drug-likeness (QED) is 0.896. The van der Waals surface area contributed by atoms with Gasteiger partial charge in [-0.3, -0.25) is 14.5 Å². The van der Waals surface area contributed by atoms with Crippen molar-refractivity contribution >= 4 is 29.1 Å². The van der Waals surface area contributed by atoms with E-state index in [0.717, 1.165) is 11.3 Å². The number of aryl methyl sites for hydroxylation is 1. The molecule has 1 saturated heterocycles. The van der Waals surface area contributed by atoms with Crippen LogP contribution in [0.1, 0.15) is 25.8 Å². The number of rotatable bonds is 3. The fourth-order valence-electron chi connectivity index (χ4n) is 2.62. The molecule has 1 aliphatic rings. The molecule has 1 heterocycles. The van der Waals surface area contributed by atoms with Gasteiger partial charge in [0.05, 0.1) is 6.54 Å². The van der Waals surface area contributed by atoms with Crippen molar-refractivity contribution in [2.24, 2.45) is 0 Å². The third kappa shape index (κ3) is 4.21. The molecule has 1 fully saturated rings. The molecule has 0 aromatic heterocycles. The minimum atomic E-state index is -0.340. The lowest BCUT2D eigenvalue weighted by molar-refractivity contribution is -0.123. The zero-order chi connectivity index (χ0) is 16.3. The number of nitrogens with zero attached hydrogens (tertiary/aromatic N) is 1. The molecule has 2 rings (SSSR count). The van der Waals surface area contributed by atoms with E-state index in [4.69, 9.17) is 11.6 Å². The van der Waals surface area contributed by atoms with Gasteiger partial charge in [-0.25, -0.2) is 0 Å². The molecular formula is C16H22ClN3O2. The van der Waals surface area contributed by atoms with E-state index in [0.29, 0.717) is 24.5 Å². The standard InChI is InChI=1S/C16H22ClN3O2/c1-11-8-12(17)4-5-13(11)19-15(22)10-20-7-6-18-14(21)9-16(20,2)3/h4-5,8H,6-7,9-10H2,1-3H3,(H,18,21)(H,19,22). The van der Waals surface area contributed by atoms with E-state index in [9.17, 15) is 9.59 Å². The molecule has 0 radical (unpaired) electrons. The predicted molar refractivity (Wildman–Crippen MR) is 88.1 cm³/mol. The van der Waals surface area contributed by atoms with Gasteiger partial charge >= 0.3 is 0 Å². The van der Waals surface area contributed by atoms with Crippen LogP contribution in [0, 0.1) is 6.92 Å². The summed E-state index contributed by atoms with van der Waals surface area (Å²) in [7, 11) is 0. The fourth-order valence-corrected chi connectivity index (χ4v) is 2.85. The van der Waals surface area contributed by atoms with Crippen LogP contribution in [0.15, 0.2) is 18.2 Å². The first-order valence-electron chi connectivity index (χ1n) is 7.36. The normalized spacial score (nSPS) is 18.5. The molecule has 22 heavy (non-hydrogen) atoms. The second kappa shape index (κ2) is 6.67. The van der Waals surface area contributed by atoms with E-state index < -0.39 is 0 Å². The molecule has 5 nitrogen and oxygen atoms in total. The summed E-state index contributed by atoms with van der Waals surface area (Å²) in [4.78, 5) is 26.0. The number of carbonyl (C=O) groups excluding carboxylic acids is 2. The van der Waals surface area contributed by atoms with E-state index in [1.807, 2.05) is 31.7 Å². The minimum Gasteiger partial charge on any atom is -0.355 e. The first-order valence-corrected chi connectivity index (χ1v) is 7.73. The van der Waals surface area contributed by atoms with Crippen molar-refractivity contribution in [3.05, 3.63) is 28.8 Å². The molecule has 1 aromatic rings. The minimum absolute atomic E-state index is 0.0291. The Labute approximate surface area is 136 Å². The van der Waals surface area contributed by atoms with E-state index in [-0.39, 0.29) is 23.9 Å². The largest absolute Gasteiger partial charge is 0.355 e. The van der Waals surface area contributed by atoms with Crippen LogP contribution in [0.5, 0.6) is 0 Å². The number of hydrogen-bond donors (Lipinski definition) is 2. The van der Waals surface area contributed by atoms with Crippen molar-refractivity contribution in [1.82, 2.24) is 10.2 Å². The number of anilines is 1. The van der Waals surface area contributed by atoms with Crippen LogP contribution < -0.4 is 10.6 Å². The van der Waals surface area contributed by atoms with Crippen molar-refractivity contribution in [1.29, 1.82) is 0 Å². The van der Waals surface area contributed by atoms with Gasteiger partial charge in [-0.1, -0.05) is 11.6 Å². The molecule has 0 spiro atoms. The summed E-state index contributed by atoms with van der Waals surface area (Å²) >= 11 is 5.92. The molecule has 0 saturated carbocycles. The van der Waals surface area contributed by atoms with E-state index in [1.54, 1.807) is 12.1 Å². The number of halogens is 1. The highest BCUT2D eigenvalue weighted by Gasteiger charge is 2.32. The Kier molecular flexibility index (Phi) is 5.08. The first kappa shape index (κ1) is 16.8. The van der Waals surface area contributed by atoms with Gasteiger partial charge in [0, 0.05) is 35.8 Å². The SMILES string of the molecule is Cc1cc(Cl)ccc1NC(=O)CN1CCNC(=O)CC1(C)C. The third-order valence-electron chi connectivity index (χ3n) is 3.95. The molecule has 0 atom stereocenters. The number of carbonyl (C=O) groups is 2. The van der Waals surface area contributed by atoms with Gasteiger partial charge < -0.3 is 10.6 Å². The second-order valence-electron chi connectivity index (χ2n) is 6.27. The highest BCUT2D eigenvalue weighted by molar-refractivity contribution is 6.30. The molecule has 6 heteroatoms. The van der Waals surface area contributed by atoms with Crippen LogP contribution in [0.3, 0.4) is 0 Å². The van der Waals surface area contributed by atoms with Crippen LogP contribution in [-0.2, 0) is 9.59 Å². The van der Waals surface area contributed by atoms with Crippen molar-refractivity contribution in [3.8, 4) is 0 Å². The first-order chi connectivity index (χ1) is 10.3. The Balaban J connectivity index is 2.03. The molecule has 1 aliphatic heterocycles. The number of benzene rings is 1. The highest BCUT2D eigenvalue weighted by atomic mass is 35.5. The van der Waals surface area contributed by atoms with Gasteiger partial charge in [-0.05, 0) is 44.5 Å². The number of amides is 2. The van der Waals surface area contributed by atoms with Crippen LogP contribution >= 0.6 is 11.6 Å². The van der Waals surface area contributed by atoms with Gasteiger partial charge in [0.2, 0.25) is 11.8 Å². The highest BCUT2D eigenvalue weighted by Crippen LogP contribution is 2.22. The van der Waals surface area contributed by atoms with Crippen LogP contribution in [0.4, 0.5) is 5.69 Å². The molecule has 120 valence electrons. The van der Waals surface area contributed by atoms with Crippen molar-refractivity contribution < 1.29 is 9.59 Å². The average Bonchev–Trinajstić information content (AvgIpc) is 2.51. The molecular weight excluding hydrogens is 302 g/mol. The van der Waals surface area contributed by atoms with Crippen molar-refractivity contribution in [2.75, 3.05) is 25.0 Å². The summed E-state index contributed by atoms with van der Waals surface area (Å²) in [6.45, 7) is 7.35. The van der Waals surface area contributed by atoms with Gasteiger partial charge in [-0.2, -0.15) is 0 Å². The Hall–Kier alpha value is -1.59. The van der Waals surface area contributed by atoms with Gasteiger partial charge in [0.1, 0.15) is 0 Å². The second-order valence-corrected chi connectivity index (χ2v) is 6.70. The van der Waals surface area contributed by atoms with Crippen LogP contribution in [0.25, 0.3) is 0 Å². The Morgan fingerprint density at radius 1 is 1.45 bits per heavy atom. The summed E-state index contributed by atoms with van der Waals surface area (Å²) < 4.78 is 0. The van der Waals surface area contributed by atoms with Gasteiger partial charge in [-0.15, -0.1) is 0 Å². The molecule has 0 unspecified atom stereocenters. The lowest BCUT2D eigenvalue weighted by atomic mass is 9.98. The fraction of sp³-hybridized carbons (Fsp3) is 0.500. The summed E-state index contributed by atoms with van der Waals surface area (Å²) in [6.07, 6.45) is 0.389. The van der Waals surface area contributed by atoms with Crippen LogP contribution in [0.2, 0.25) is 5.02 Å². The maximum absolute atomic E-state index is 12.3. The number of nitrogens with one attached hydrogen (secondary N) is 2. The summed E-state index contributed by atoms with van der Waals surface area (Å²) in [5, 5.41) is 6.40. The monoisotopic (exact) mass is 323 g/mol. The third-order valence-corrected chi connectivity index (χ3v) is 4.19. The smallest absolute Gasteiger partial charge is 0.238 e. The van der Waals surface area contributed by atoms with Crippen LogP contribution in [-0.4, -0.2) is 41.9 Å². The molecule has 0 bridgehead atoms. The molecule has 0 aliphatic carbocycles. The van der Waals surface area contributed by atoms with E-state index in [2.05, 4.69) is 10.6 Å². The van der Waals surface area contributed by atoms with Gasteiger partial charge in [0.15, 0.2) is 0 Å². The van der Waals surface area contributed by atoms with Crippen molar-refractivity contribution in [2.45, 2.75) is 32.7 Å². The van der Waals surface area contributed by atoms with Crippen molar-refractivity contribution in [3.63, 3.8) is 0 Å². The zero-order valence-corrected chi connectivity index (χ0v) is 14.0. The topological polar surface area (TPSA) is 61.4 Å². The molecule has 1 aromatic carbocycles. The molecule has 2 amide bonds. The average molecular weight is 324 g/mol. The zero-order valence-electron chi connectivity index (χ0n) is 13.2. The maximum atomic E-state index is 12.3. The maximum Gasteiger partial charge on any atom is 0.238 e. The summed E-state index contributed by atoms with van der Waals surface area (Å²) in [5.41, 5.74) is 1.34. The lowest BCUT2D eigenvalue weighted by Gasteiger charge is -2.35. The van der Waals surface area contributed by atoms with E-state index >= 15 is 0 Å². The number of hydrogen-bond acceptors (Lipinski definition) is 3.